The van der Waals surface area contributed by atoms with Crippen LogP contribution in [0, 0.1) is 6.92 Å². The lowest BCUT2D eigenvalue weighted by Crippen LogP contribution is -2.44. The quantitative estimate of drug-likeness (QED) is 0.191. The largest absolute Gasteiger partial charge is 0.460 e. The zero-order valence-electron chi connectivity index (χ0n) is 24.6. The molecule has 0 fully saturated rings. The molecule has 0 saturated carbocycles. The van der Waals surface area contributed by atoms with Crippen molar-refractivity contribution in [1.82, 2.24) is 5.32 Å². The van der Waals surface area contributed by atoms with Crippen LogP contribution in [0.25, 0.3) is 22.1 Å². The molecule has 2 N–H and O–H groups in total. The number of aryl methyl sites for hydroxylation is 1. The summed E-state index contributed by atoms with van der Waals surface area (Å²) in [5.41, 5.74) is 4.56. The van der Waals surface area contributed by atoms with E-state index in [-0.39, 0.29) is 25.4 Å². The fraction of sp³-hybridized carbons (Fsp3) is 0.294. The minimum Gasteiger partial charge on any atom is -0.460 e. The van der Waals surface area contributed by atoms with Crippen LogP contribution in [0.4, 0.5) is 10.5 Å². The average Bonchev–Trinajstić information content (AvgIpc) is 3.26. The first kappa shape index (κ1) is 29.6. The van der Waals surface area contributed by atoms with Crippen LogP contribution >= 0.6 is 0 Å². The second kappa shape index (κ2) is 12.1. The van der Waals surface area contributed by atoms with Gasteiger partial charge in [0.1, 0.15) is 23.8 Å². The Morgan fingerprint density at radius 1 is 0.930 bits per heavy atom. The summed E-state index contributed by atoms with van der Waals surface area (Å²) in [6.07, 6.45) is -0.913. The highest BCUT2D eigenvalue weighted by Gasteiger charge is 2.30. The third-order valence-corrected chi connectivity index (χ3v) is 7.23. The molecule has 0 radical (unpaired) electrons. The van der Waals surface area contributed by atoms with Gasteiger partial charge in [-0.05, 0) is 74.1 Å². The highest BCUT2D eigenvalue weighted by Crippen LogP contribution is 2.44. The average molecular weight is 583 g/mol. The fourth-order valence-corrected chi connectivity index (χ4v) is 5.34. The standard InChI is InChI=1S/C34H34N2O7/c1-20-17-31(38)42-29-18-21(13-14-22(20)29)35-32(39)28(15-16-30(37)43-34(2,3)4)36-33(40)41-19-27-25-11-7-5-9-23(25)24-10-6-8-12-26(24)27/h5-14,17-18,27-28H,15-16,19H2,1-4H3,(H,35,39)(H,36,40)/t28-/m1/s1. The lowest BCUT2D eigenvalue weighted by atomic mass is 9.98. The van der Waals surface area contributed by atoms with Gasteiger partial charge in [0.05, 0.1) is 0 Å². The molecule has 0 unspecified atom stereocenters. The third kappa shape index (κ3) is 6.94. The number of carbonyl (C=O) groups excluding carboxylic acids is 3. The van der Waals surface area contributed by atoms with Gasteiger partial charge in [-0.15, -0.1) is 0 Å². The maximum absolute atomic E-state index is 13.4. The molecule has 1 aromatic heterocycles. The third-order valence-electron chi connectivity index (χ3n) is 7.23. The second-order valence-corrected chi connectivity index (χ2v) is 11.6. The van der Waals surface area contributed by atoms with Gasteiger partial charge in [-0.25, -0.2) is 9.59 Å². The number of hydrogen-bond acceptors (Lipinski definition) is 7. The van der Waals surface area contributed by atoms with E-state index in [2.05, 4.69) is 10.6 Å². The van der Waals surface area contributed by atoms with E-state index in [9.17, 15) is 19.2 Å². The van der Waals surface area contributed by atoms with E-state index in [0.717, 1.165) is 33.2 Å². The van der Waals surface area contributed by atoms with Gasteiger partial charge in [0.2, 0.25) is 5.91 Å². The van der Waals surface area contributed by atoms with E-state index in [1.165, 1.54) is 6.07 Å². The summed E-state index contributed by atoms with van der Waals surface area (Å²) in [6.45, 7) is 7.13. The predicted molar refractivity (Wildman–Crippen MR) is 163 cm³/mol. The lowest BCUT2D eigenvalue weighted by Gasteiger charge is -2.22. The molecular weight excluding hydrogens is 548 g/mol. The van der Waals surface area contributed by atoms with E-state index in [1.807, 2.05) is 48.5 Å². The van der Waals surface area contributed by atoms with Crippen molar-refractivity contribution in [1.29, 1.82) is 0 Å². The summed E-state index contributed by atoms with van der Waals surface area (Å²) in [5.74, 6) is -1.21. The van der Waals surface area contributed by atoms with E-state index >= 15 is 0 Å². The van der Waals surface area contributed by atoms with Gasteiger partial charge in [-0.2, -0.15) is 0 Å². The maximum atomic E-state index is 13.4. The van der Waals surface area contributed by atoms with Gasteiger partial charge in [0, 0.05) is 35.5 Å². The van der Waals surface area contributed by atoms with Crippen LogP contribution in [0.5, 0.6) is 0 Å². The monoisotopic (exact) mass is 582 g/mol. The number of hydrogen-bond donors (Lipinski definition) is 2. The molecule has 9 heteroatoms. The molecule has 0 aliphatic heterocycles. The molecule has 1 aliphatic carbocycles. The Morgan fingerprint density at radius 2 is 1.58 bits per heavy atom. The zero-order chi connectivity index (χ0) is 30.7. The topological polar surface area (TPSA) is 124 Å². The first-order chi connectivity index (χ1) is 20.5. The Kier molecular flexibility index (Phi) is 8.34. The molecular formula is C34H34N2O7. The second-order valence-electron chi connectivity index (χ2n) is 11.6. The molecule has 0 spiro atoms. The zero-order valence-corrected chi connectivity index (χ0v) is 24.6. The van der Waals surface area contributed by atoms with Gasteiger partial charge >= 0.3 is 17.7 Å². The van der Waals surface area contributed by atoms with Gasteiger partial charge in [0.25, 0.3) is 0 Å². The molecule has 1 heterocycles. The van der Waals surface area contributed by atoms with Crippen molar-refractivity contribution in [3.63, 3.8) is 0 Å². The molecule has 5 rings (SSSR count). The minimum atomic E-state index is -1.11. The Morgan fingerprint density at radius 3 is 2.23 bits per heavy atom. The minimum absolute atomic E-state index is 0.0211. The lowest BCUT2D eigenvalue weighted by molar-refractivity contribution is -0.155. The molecule has 222 valence electrons. The summed E-state index contributed by atoms with van der Waals surface area (Å²) in [4.78, 5) is 50.7. The van der Waals surface area contributed by atoms with Crippen molar-refractivity contribution in [3.05, 3.63) is 99.9 Å². The Bertz CT molecular complexity index is 1710. The van der Waals surface area contributed by atoms with E-state index in [4.69, 9.17) is 13.9 Å². The van der Waals surface area contributed by atoms with Gasteiger partial charge < -0.3 is 24.5 Å². The van der Waals surface area contributed by atoms with Gasteiger partial charge in [-0.1, -0.05) is 48.5 Å². The summed E-state index contributed by atoms with van der Waals surface area (Å²) < 4.78 is 16.3. The maximum Gasteiger partial charge on any atom is 0.407 e. The van der Waals surface area contributed by atoms with Crippen LogP contribution < -0.4 is 16.3 Å². The summed E-state index contributed by atoms with van der Waals surface area (Å²) >= 11 is 0. The molecule has 0 bridgehead atoms. The molecule has 1 atom stereocenters. The number of carbonyl (C=O) groups is 3. The number of esters is 1. The molecule has 9 nitrogen and oxygen atoms in total. The highest BCUT2D eigenvalue weighted by atomic mass is 16.6. The number of nitrogens with one attached hydrogen (secondary N) is 2. The molecule has 3 aromatic carbocycles. The SMILES string of the molecule is Cc1cc(=O)oc2cc(NC(=O)[C@@H](CCC(=O)OC(C)(C)C)NC(=O)OCC3c4ccccc4-c4ccccc43)ccc12. The van der Waals surface area contributed by atoms with Crippen LogP contribution in [0.1, 0.15) is 56.2 Å². The number of amides is 2. The highest BCUT2D eigenvalue weighted by molar-refractivity contribution is 5.98. The van der Waals surface area contributed by atoms with Gasteiger partial charge in [0.15, 0.2) is 0 Å². The normalized spacial score (nSPS) is 13.1. The van der Waals surface area contributed by atoms with Crippen molar-refractivity contribution in [2.75, 3.05) is 11.9 Å². The van der Waals surface area contributed by atoms with Crippen molar-refractivity contribution >= 4 is 34.6 Å². The number of rotatable bonds is 8. The number of ether oxygens (including phenoxy) is 2. The number of fused-ring (bicyclic) bond motifs is 4. The number of alkyl carbamates (subject to hydrolysis) is 1. The van der Waals surface area contributed by atoms with E-state index in [0.29, 0.717) is 11.3 Å². The summed E-state index contributed by atoms with van der Waals surface area (Å²) in [6, 6.07) is 21.2. The van der Waals surface area contributed by atoms with Gasteiger partial charge in [-0.3, -0.25) is 9.59 Å². The predicted octanol–water partition coefficient (Wildman–Crippen LogP) is 6.07. The van der Waals surface area contributed by atoms with E-state index in [1.54, 1.807) is 45.9 Å². The smallest absolute Gasteiger partial charge is 0.407 e. The van der Waals surface area contributed by atoms with Crippen LogP contribution in [-0.2, 0) is 19.1 Å². The molecule has 1 aliphatic rings. The van der Waals surface area contributed by atoms with Crippen molar-refractivity contribution in [2.24, 2.45) is 0 Å². The van der Waals surface area contributed by atoms with Crippen LogP contribution in [-0.4, -0.2) is 36.2 Å². The molecule has 2 amide bonds. The summed E-state index contributed by atoms with van der Waals surface area (Å²) in [5, 5.41) is 6.11. The molecule has 43 heavy (non-hydrogen) atoms. The fourth-order valence-electron chi connectivity index (χ4n) is 5.34. The van der Waals surface area contributed by atoms with Crippen molar-refractivity contribution < 1.29 is 28.3 Å². The van der Waals surface area contributed by atoms with Crippen molar-refractivity contribution in [2.45, 2.75) is 58.1 Å². The Labute approximate surface area is 249 Å². The number of benzene rings is 3. The molecule has 0 saturated heterocycles. The van der Waals surface area contributed by atoms with Crippen LogP contribution in [0.15, 0.2) is 82.0 Å². The van der Waals surface area contributed by atoms with Crippen LogP contribution in [0.2, 0.25) is 0 Å². The first-order valence-corrected chi connectivity index (χ1v) is 14.2. The Balaban J connectivity index is 1.30. The number of anilines is 1. The Hall–Kier alpha value is -4.92. The van der Waals surface area contributed by atoms with E-state index < -0.39 is 35.2 Å². The van der Waals surface area contributed by atoms with Crippen LogP contribution in [0.3, 0.4) is 0 Å². The molecule has 4 aromatic rings. The summed E-state index contributed by atoms with van der Waals surface area (Å²) in [7, 11) is 0. The van der Waals surface area contributed by atoms with Crippen molar-refractivity contribution in [3.8, 4) is 11.1 Å². The first-order valence-electron chi connectivity index (χ1n) is 14.2.